The predicted octanol–water partition coefficient (Wildman–Crippen LogP) is 5.60. The molecular weight excluding hydrogens is 511 g/mol. The number of halogens is 3. The summed E-state index contributed by atoms with van der Waals surface area (Å²) in [7, 11) is 0. The van der Waals surface area contributed by atoms with Crippen LogP contribution in [0, 0.1) is 5.92 Å². The number of carbonyl (C=O) groups is 3. The van der Waals surface area contributed by atoms with Crippen molar-refractivity contribution in [2.24, 2.45) is 10.9 Å². The van der Waals surface area contributed by atoms with Crippen LogP contribution in [0.2, 0.25) is 0 Å². The van der Waals surface area contributed by atoms with E-state index in [4.69, 9.17) is 10.1 Å². The average Bonchev–Trinajstić information content (AvgIpc) is 3.18. The topological polar surface area (TPSA) is 99.1 Å². The van der Waals surface area contributed by atoms with Crippen molar-refractivity contribution in [2.45, 2.75) is 70.3 Å². The van der Waals surface area contributed by atoms with Crippen LogP contribution in [0.25, 0.3) is 0 Å². The maximum atomic E-state index is 13.9. The molecule has 2 N–H and O–H groups in total. The molecule has 1 saturated carbocycles. The number of hydrogen-bond donors (Lipinski definition) is 2. The number of alkyl halides is 3. The lowest BCUT2D eigenvalue weighted by atomic mass is 9.81. The lowest BCUT2D eigenvalue weighted by Crippen LogP contribution is -2.50. The molecule has 1 atom stereocenters. The molecule has 0 aromatic heterocycles. The first-order valence-electron chi connectivity index (χ1n) is 13.2. The number of aliphatic carboxylic acids is 1. The molecule has 0 saturated heterocycles. The molecule has 7 nitrogen and oxygen atoms in total. The van der Waals surface area contributed by atoms with Gasteiger partial charge >= 0.3 is 12.1 Å². The van der Waals surface area contributed by atoms with E-state index in [2.05, 4.69) is 12.2 Å². The van der Waals surface area contributed by atoms with Gasteiger partial charge in [0.1, 0.15) is 11.4 Å². The monoisotopic (exact) mass is 543 g/mol. The number of rotatable bonds is 8. The van der Waals surface area contributed by atoms with Gasteiger partial charge < -0.3 is 15.3 Å². The highest BCUT2D eigenvalue weighted by atomic mass is 19.4. The summed E-state index contributed by atoms with van der Waals surface area (Å²) >= 11 is 0. The van der Waals surface area contributed by atoms with Crippen molar-refractivity contribution < 1.29 is 32.7 Å². The van der Waals surface area contributed by atoms with Crippen molar-refractivity contribution in [1.82, 2.24) is 10.2 Å². The highest BCUT2D eigenvalue weighted by Crippen LogP contribution is 2.46. The van der Waals surface area contributed by atoms with Crippen molar-refractivity contribution in [3.05, 3.63) is 70.8 Å². The highest BCUT2D eigenvalue weighted by molar-refractivity contribution is 6.46. The maximum absolute atomic E-state index is 13.9. The first kappa shape index (κ1) is 28.3. The van der Waals surface area contributed by atoms with E-state index in [1.807, 2.05) is 6.92 Å². The zero-order chi connectivity index (χ0) is 28.4. The maximum Gasteiger partial charge on any atom is 0.416 e. The van der Waals surface area contributed by atoms with Crippen molar-refractivity contribution in [1.29, 1.82) is 0 Å². The molecule has 208 valence electrons. The normalized spacial score (nSPS) is 22.1. The number of amides is 2. The van der Waals surface area contributed by atoms with Gasteiger partial charge in [-0.25, -0.2) is 0 Å². The summed E-state index contributed by atoms with van der Waals surface area (Å²) in [6.07, 6.45) is -1.02. The fraction of sp³-hybridized carbons (Fsp3) is 0.448. The average molecular weight is 544 g/mol. The molecule has 2 aliphatic rings. The largest absolute Gasteiger partial charge is 0.481 e. The Morgan fingerprint density at radius 2 is 1.72 bits per heavy atom. The van der Waals surface area contributed by atoms with Gasteiger partial charge in [0.2, 0.25) is 0 Å². The van der Waals surface area contributed by atoms with Crippen LogP contribution in [-0.2, 0) is 15.8 Å². The van der Waals surface area contributed by atoms with Gasteiger partial charge in [0.15, 0.2) is 0 Å². The molecule has 0 radical (unpaired) electrons. The second kappa shape index (κ2) is 11.2. The van der Waals surface area contributed by atoms with Gasteiger partial charge in [-0.1, -0.05) is 38.1 Å². The quantitative estimate of drug-likeness (QED) is 0.453. The summed E-state index contributed by atoms with van der Waals surface area (Å²) in [4.78, 5) is 43.7. The standard InChI is InChI=1S/C29H32F3N3O4/c1-3-23(19-4-6-21(7-5-19)26(38)33-17-14-24(36)37)35-27(39)25(34-28(35)15-12-18(2)13-16-28)20-8-10-22(11-9-20)29(30,31)32/h4-11,18,23H,3,12-17H2,1-2H3,(H,33,38)(H,36,37)/t18?,23-,28?/m1/s1. The van der Waals surface area contributed by atoms with Gasteiger partial charge in [-0.2, -0.15) is 13.2 Å². The second-order valence-electron chi connectivity index (χ2n) is 10.3. The molecule has 39 heavy (non-hydrogen) atoms. The van der Waals surface area contributed by atoms with Crippen molar-refractivity contribution in [2.75, 3.05) is 6.54 Å². The van der Waals surface area contributed by atoms with E-state index in [9.17, 15) is 27.6 Å². The molecule has 2 aromatic rings. The van der Waals surface area contributed by atoms with Crippen LogP contribution < -0.4 is 5.32 Å². The van der Waals surface area contributed by atoms with E-state index >= 15 is 0 Å². The summed E-state index contributed by atoms with van der Waals surface area (Å²) in [5.74, 6) is -1.22. The Bertz CT molecular complexity index is 1250. The van der Waals surface area contributed by atoms with E-state index < -0.39 is 29.3 Å². The molecule has 0 unspecified atom stereocenters. The molecule has 1 heterocycles. The van der Waals surface area contributed by atoms with Crippen molar-refractivity contribution in [3.8, 4) is 0 Å². The summed E-state index contributed by atoms with van der Waals surface area (Å²) < 4.78 is 39.3. The number of carboxylic acids is 1. The third kappa shape index (κ3) is 5.99. The zero-order valence-electron chi connectivity index (χ0n) is 21.9. The van der Waals surface area contributed by atoms with Crippen LogP contribution in [0.3, 0.4) is 0 Å². The molecule has 2 amide bonds. The van der Waals surface area contributed by atoms with Crippen molar-refractivity contribution in [3.63, 3.8) is 0 Å². The van der Waals surface area contributed by atoms with Crippen LogP contribution >= 0.6 is 0 Å². The zero-order valence-corrected chi connectivity index (χ0v) is 21.9. The van der Waals surface area contributed by atoms with Crippen molar-refractivity contribution >= 4 is 23.5 Å². The molecule has 1 aliphatic carbocycles. The van der Waals surface area contributed by atoms with Gasteiger partial charge in [0.25, 0.3) is 11.8 Å². The Morgan fingerprint density at radius 1 is 1.10 bits per heavy atom. The fourth-order valence-corrected chi connectivity index (χ4v) is 5.44. The smallest absolute Gasteiger partial charge is 0.416 e. The first-order chi connectivity index (χ1) is 18.4. The molecular formula is C29H32F3N3O4. The molecule has 2 aromatic carbocycles. The fourth-order valence-electron chi connectivity index (χ4n) is 5.44. The Hall–Kier alpha value is -3.69. The second-order valence-corrected chi connectivity index (χ2v) is 10.3. The minimum Gasteiger partial charge on any atom is -0.481 e. The van der Waals surface area contributed by atoms with Crippen LogP contribution in [-0.4, -0.2) is 45.7 Å². The van der Waals surface area contributed by atoms with Gasteiger partial charge in [0, 0.05) is 17.7 Å². The predicted molar refractivity (Wildman–Crippen MR) is 139 cm³/mol. The summed E-state index contributed by atoms with van der Waals surface area (Å²) in [5, 5.41) is 11.3. The number of carbonyl (C=O) groups excluding carboxylic acids is 2. The summed E-state index contributed by atoms with van der Waals surface area (Å²) in [5.41, 5.74) is 0.149. The minimum absolute atomic E-state index is 0.0147. The van der Waals surface area contributed by atoms with E-state index in [0.29, 0.717) is 36.3 Å². The third-order valence-electron chi connectivity index (χ3n) is 7.63. The molecule has 4 rings (SSSR count). The molecule has 0 bridgehead atoms. The van der Waals surface area contributed by atoms with Crippen LogP contribution in [0.1, 0.15) is 85.5 Å². The number of benzene rings is 2. The number of carboxylic acid groups (broad SMARTS) is 1. The molecule has 1 spiro atoms. The summed E-state index contributed by atoms with van der Waals surface area (Å²) in [6.45, 7) is 4.13. The molecule has 10 heteroatoms. The Balaban J connectivity index is 1.63. The van der Waals surface area contributed by atoms with Crippen LogP contribution in [0.4, 0.5) is 13.2 Å². The Kier molecular flexibility index (Phi) is 8.13. The van der Waals surface area contributed by atoms with Crippen LogP contribution in [0.5, 0.6) is 0 Å². The number of aliphatic imine (C=N–C) groups is 1. The van der Waals surface area contributed by atoms with E-state index in [1.165, 1.54) is 12.1 Å². The number of hydrogen-bond acceptors (Lipinski definition) is 4. The lowest BCUT2D eigenvalue weighted by Gasteiger charge is -2.44. The van der Waals surface area contributed by atoms with Gasteiger partial charge in [-0.3, -0.25) is 19.4 Å². The highest BCUT2D eigenvalue weighted by Gasteiger charge is 2.51. The molecule has 1 aliphatic heterocycles. The van der Waals surface area contributed by atoms with Gasteiger partial charge in [-0.15, -0.1) is 0 Å². The van der Waals surface area contributed by atoms with Crippen LogP contribution in [0.15, 0.2) is 53.5 Å². The van der Waals surface area contributed by atoms with E-state index in [1.54, 1.807) is 29.2 Å². The summed E-state index contributed by atoms with van der Waals surface area (Å²) in [6, 6.07) is 11.0. The first-order valence-corrected chi connectivity index (χ1v) is 13.2. The SMILES string of the molecule is CC[C@H](c1ccc(C(=O)NCCC(=O)O)cc1)N1C(=O)C(c2ccc(C(F)(F)F)cc2)=NC12CCC(C)CC2. The van der Waals surface area contributed by atoms with E-state index in [-0.39, 0.29) is 30.6 Å². The Labute approximate surface area is 225 Å². The lowest BCUT2D eigenvalue weighted by molar-refractivity contribution is -0.138. The Morgan fingerprint density at radius 3 is 2.26 bits per heavy atom. The molecule has 1 fully saturated rings. The third-order valence-corrected chi connectivity index (χ3v) is 7.63. The van der Waals surface area contributed by atoms with E-state index in [0.717, 1.165) is 30.5 Å². The van der Waals surface area contributed by atoms with Gasteiger partial charge in [0.05, 0.1) is 18.0 Å². The van der Waals surface area contributed by atoms with Gasteiger partial charge in [-0.05, 0) is 67.9 Å². The minimum atomic E-state index is -4.47. The number of nitrogens with zero attached hydrogens (tertiary/aromatic N) is 2. The number of nitrogens with one attached hydrogen (secondary N) is 1.